The Hall–Kier alpha value is -4.16. The number of ketones is 2. The first-order valence-corrected chi connectivity index (χ1v) is 9.95. The van der Waals surface area contributed by atoms with Gasteiger partial charge in [0.25, 0.3) is 0 Å². The second kappa shape index (κ2) is 7.51. The zero-order valence-electron chi connectivity index (χ0n) is 16.3. The van der Waals surface area contributed by atoms with Gasteiger partial charge in [-0.3, -0.25) is 9.59 Å². The van der Waals surface area contributed by atoms with Gasteiger partial charge < -0.3 is 13.9 Å². The quantitative estimate of drug-likeness (QED) is 0.296. The van der Waals surface area contributed by atoms with Crippen molar-refractivity contribution in [2.24, 2.45) is 0 Å². The molecular weight excluding hydrogens is 432 g/mol. The van der Waals surface area contributed by atoms with E-state index in [4.69, 9.17) is 20.4 Å². The first kappa shape index (κ1) is 19.8. The van der Waals surface area contributed by atoms with E-state index in [-0.39, 0.29) is 44.8 Å². The summed E-state index contributed by atoms with van der Waals surface area (Å²) in [5.74, 6) is -1.98. The summed E-state index contributed by atoms with van der Waals surface area (Å²) >= 11 is 5.93. The smallest absolute Gasteiger partial charge is 0.348 e. The lowest BCUT2D eigenvalue weighted by Gasteiger charge is -2.04. The Bertz CT molecular complexity index is 1590. The average molecular weight is 445 g/mol. The summed E-state index contributed by atoms with van der Waals surface area (Å²) in [6.45, 7) is 0. The fourth-order valence-corrected chi connectivity index (χ4v) is 3.75. The van der Waals surface area contributed by atoms with E-state index in [0.29, 0.717) is 10.4 Å². The maximum Gasteiger partial charge on any atom is 0.348 e. The van der Waals surface area contributed by atoms with Gasteiger partial charge >= 0.3 is 5.63 Å². The van der Waals surface area contributed by atoms with Crippen molar-refractivity contribution >= 4 is 45.1 Å². The van der Waals surface area contributed by atoms with Crippen LogP contribution in [0, 0.1) is 0 Å². The molecule has 6 nitrogen and oxygen atoms in total. The molecule has 2 aromatic heterocycles. The SMILES string of the molecule is O=C(c1ccccc1O)c1oc2c(c1C(=O)c1ccc(Cl)cc1)c(=O)oc1ccccc12. The van der Waals surface area contributed by atoms with Gasteiger partial charge in [0.1, 0.15) is 16.7 Å². The molecule has 7 heteroatoms. The molecule has 3 aromatic carbocycles. The monoisotopic (exact) mass is 444 g/mol. The molecule has 0 atom stereocenters. The number of rotatable bonds is 4. The number of furan rings is 1. The lowest BCUT2D eigenvalue weighted by atomic mass is 9.97. The molecule has 0 radical (unpaired) electrons. The van der Waals surface area contributed by atoms with Crippen LogP contribution in [0.1, 0.15) is 32.0 Å². The van der Waals surface area contributed by atoms with Crippen LogP contribution in [0.15, 0.2) is 86.4 Å². The van der Waals surface area contributed by atoms with Crippen molar-refractivity contribution in [1.82, 2.24) is 0 Å². The Morgan fingerprint density at radius 1 is 0.812 bits per heavy atom. The molecule has 0 amide bonds. The zero-order valence-corrected chi connectivity index (χ0v) is 17.1. The van der Waals surface area contributed by atoms with E-state index >= 15 is 0 Å². The Kier molecular flexibility index (Phi) is 4.64. The summed E-state index contributed by atoms with van der Waals surface area (Å²) in [5, 5.41) is 10.9. The van der Waals surface area contributed by atoms with Gasteiger partial charge in [-0.1, -0.05) is 35.9 Å². The molecule has 32 heavy (non-hydrogen) atoms. The molecule has 5 rings (SSSR count). The number of phenolic OH excluding ortho intramolecular Hbond substituents is 1. The number of benzene rings is 3. The Morgan fingerprint density at radius 2 is 1.50 bits per heavy atom. The standard InChI is InChI=1S/C25H13ClO6/c26-14-11-9-13(10-12-14)21(28)19-20-23(16-6-2-4-8-18(16)31-25(20)30)32-24(19)22(29)15-5-1-3-7-17(15)27/h1-12,27H. The second-order valence-corrected chi connectivity index (χ2v) is 7.51. The van der Waals surface area contributed by atoms with E-state index in [1.165, 1.54) is 36.4 Å². The molecule has 0 unspecified atom stereocenters. The predicted molar refractivity (Wildman–Crippen MR) is 119 cm³/mol. The number of hydrogen-bond acceptors (Lipinski definition) is 6. The predicted octanol–water partition coefficient (Wildman–Crippen LogP) is 5.36. The third kappa shape index (κ3) is 3.09. The summed E-state index contributed by atoms with van der Waals surface area (Å²) in [6.07, 6.45) is 0. The molecule has 0 fully saturated rings. The number of hydrogen-bond donors (Lipinski definition) is 1. The number of aromatic hydroxyl groups is 1. The normalized spacial score (nSPS) is 11.2. The van der Waals surface area contributed by atoms with Crippen LogP contribution in [0.3, 0.4) is 0 Å². The molecule has 0 aliphatic heterocycles. The van der Waals surface area contributed by atoms with Crippen molar-refractivity contribution in [2.75, 3.05) is 0 Å². The lowest BCUT2D eigenvalue weighted by Crippen LogP contribution is -2.12. The lowest BCUT2D eigenvalue weighted by molar-refractivity contribution is 0.0984. The van der Waals surface area contributed by atoms with Gasteiger partial charge in [-0.2, -0.15) is 0 Å². The Balaban J connectivity index is 1.86. The number of para-hydroxylation sites is 2. The van der Waals surface area contributed by atoms with Crippen LogP contribution >= 0.6 is 11.6 Å². The van der Waals surface area contributed by atoms with Gasteiger partial charge in [-0.05, 0) is 48.5 Å². The number of carbonyl (C=O) groups excluding carboxylic acids is 2. The number of halogens is 1. The van der Waals surface area contributed by atoms with E-state index in [0.717, 1.165) is 0 Å². The summed E-state index contributed by atoms with van der Waals surface area (Å²) in [6, 6.07) is 18.6. The summed E-state index contributed by atoms with van der Waals surface area (Å²) in [7, 11) is 0. The van der Waals surface area contributed by atoms with Crippen LogP contribution < -0.4 is 5.63 Å². The molecule has 0 aliphatic rings. The maximum absolute atomic E-state index is 13.5. The van der Waals surface area contributed by atoms with Crippen LogP contribution in [-0.2, 0) is 0 Å². The molecule has 0 aliphatic carbocycles. The van der Waals surface area contributed by atoms with Gasteiger partial charge in [0.05, 0.1) is 16.5 Å². The number of fused-ring (bicyclic) bond motifs is 3. The Labute approximate surface area is 185 Å². The van der Waals surface area contributed by atoms with Crippen molar-refractivity contribution in [3.8, 4) is 5.75 Å². The zero-order chi connectivity index (χ0) is 22.4. The van der Waals surface area contributed by atoms with E-state index in [1.807, 2.05) is 0 Å². The van der Waals surface area contributed by atoms with E-state index in [2.05, 4.69) is 0 Å². The van der Waals surface area contributed by atoms with Crippen molar-refractivity contribution in [3.63, 3.8) is 0 Å². The molecule has 1 N–H and O–H groups in total. The van der Waals surface area contributed by atoms with Crippen molar-refractivity contribution < 1.29 is 23.5 Å². The third-order valence-corrected chi connectivity index (χ3v) is 5.39. The molecule has 0 spiro atoms. The number of carbonyl (C=O) groups is 2. The van der Waals surface area contributed by atoms with Crippen molar-refractivity contribution in [1.29, 1.82) is 0 Å². The summed E-state index contributed by atoms with van der Waals surface area (Å²) in [5.41, 5.74) is -0.577. The highest BCUT2D eigenvalue weighted by atomic mass is 35.5. The fraction of sp³-hybridized carbons (Fsp3) is 0. The number of phenols is 1. The second-order valence-electron chi connectivity index (χ2n) is 7.08. The maximum atomic E-state index is 13.5. The molecule has 0 saturated heterocycles. The van der Waals surface area contributed by atoms with Gasteiger partial charge in [0.15, 0.2) is 17.1 Å². The van der Waals surface area contributed by atoms with Crippen molar-refractivity contribution in [2.45, 2.75) is 0 Å². The van der Waals surface area contributed by atoms with Gasteiger partial charge in [-0.25, -0.2) is 4.79 Å². The minimum Gasteiger partial charge on any atom is -0.507 e. The highest BCUT2D eigenvalue weighted by Crippen LogP contribution is 2.34. The highest BCUT2D eigenvalue weighted by Gasteiger charge is 2.31. The van der Waals surface area contributed by atoms with E-state index in [9.17, 15) is 19.5 Å². The van der Waals surface area contributed by atoms with Gasteiger partial charge in [0.2, 0.25) is 5.78 Å². The molecule has 0 saturated carbocycles. The first-order valence-electron chi connectivity index (χ1n) is 9.57. The van der Waals surface area contributed by atoms with Crippen LogP contribution in [0.25, 0.3) is 21.9 Å². The topological polar surface area (TPSA) is 97.7 Å². The van der Waals surface area contributed by atoms with Crippen LogP contribution in [0.5, 0.6) is 5.75 Å². The fourth-order valence-electron chi connectivity index (χ4n) is 3.62. The van der Waals surface area contributed by atoms with E-state index in [1.54, 1.807) is 36.4 Å². The first-order chi connectivity index (χ1) is 15.5. The third-order valence-electron chi connectivity index (χ3n) is 5.14. The minimum absolute atomic E-state index is 0.0629. The van der Waals surface area contributed by atoms with Gasteiger partial charge in [0, 0.05) is 10.6 Å². The van der Waals surface area contributed by atoms with Gasteiger partial charge in [-0.15, -0.1) is 0 Å². The summed E-state index contributed by atoms with van der Waals surface area (Å²) in [4.78, 5) is 39.7. The van der Waals surface area contributed by atoms with Crippen LogP contribution in [0.4, 0.5) is 0 Å². The van der Waals surface area contributed by atoms with E-state index < -0.39 is 17.2 Å². The molecule has 0 bridgehead atoms. The molecule has 5 aromatic rings. The molecule has 2 heterocycles. The summed E-state index contributed by atoms with van der Waals surface area (Å²) < 4.78 is 11.3. The molecule has 156 valence electrons. The van der Waals surface area contributed by atoms with Crippen LogP contribution in [0.2, 0.25) is 5.02 Å². The highest BCUT2D eigenvalue weighted by molar-refractivity contribution is 6.31. The minimum atomic E-state index is -0.809. The largest absolute Gasteiger partial charge is 0.507 e. The van der Waals surface area contributed by atoms with Crippen molar-refractivity contribution in [3.05, 3.63) is 111 Å². The Morgan fingerprint density at radius 3 is 2.25 bits per heavy atom. The average Bonchev–Trinajstić information content (AvgIpc) is 3.21. The molecular formula is C25H13ClO6. The van der Waals surface area contributed by atoms with Crippen LogP contribution in [-0.4, -0.2) is 16.7 Å².